The highest BCUT2D eigenvalue weighted by Crippen LogP contribution is 2.28. The maximum Gasteiger partial charge on any atom is 0.0511 e. The van der Waals surface area contributed by atoms with E-state index in [0.29, 0.717) is 6.04 Å². The summed E-state index contributed by atoms with van der Waals surface area (Å²) < 4.78 is 2.24. The molecule has 1 atom stereocenters. The zero-order valence-electron chi connectivity index (χ0n) is 10.5. The van der Waals surface area contributed by atoms with Gasteiger partial charge in [0.2, 0.25) is 0 Å². The fraction of sp³-hybridized carbons (Fsp3) is 0.200. The predicted octanol–water partition coefficient (Wildman–Crippen LogP) is 6.27. The van der Waals surface area contributed by atoms with Crippen LogP contribution in [-0.4, -0.2) is 0 Å². The maximum atomic E-state index is 5.98. The quantitative estimate of drug-likeness (QED) is 0.542. The second-order valence-corrected chi connectivity index (χ2v) is 6.80. The van der Waals surface area contributed by atoms with Gasteiger partial charge in [0.15, 0.2) is 0 Å². The molecular formula is C15H14BrClIN. The van der Waals surface area contributed by atoms with E-state index in [1.165, 1.54) is 5.56 Å². The Hall–Kier alpha value is -0.260. The van der Waals surface area contributed by atoms with Crippen LogP contribution in [0, 0.1) is 3.57 Å². The molecule has 19 heavy (non-hydrogen) atoms. The Morgan fingerprint density at radius 3 is 2.47 bits per heavy atom. The molecule has 0 saturated carbocycles. The third-order valence-electron chi connectivity index (χ3n) is 2.94. The van der Waals surface area contributed by atoms with Gasteiger partial charge < -0.3 is 5.32 Å². The molecule has 1 nitrogen and oxygen atoms in total. The monoisotopic (exact) mass is 449 g/mol. The van der Waals surface area contributed by atoms with Crippen LogP contribution in [0.1, 0.15) is 24.9 Å². The van der Waals surface area contributed by atoms with Crippen LogP contribution < -0.4 is 5.32 Å². The molecule has 2 aromatic carbocycles. The molecule has 0 aliphatic heterocycles. The third kappa shape index (κ3) is 4.10. The van der Waals surface area contributed by atoms with E-state index in [9.17, 15) is 0 Å². The molecule has 0 heterocycles. The van der Waals surface area contributed by atoms with Gasteiger partial charge in [-0.25, -0.2) is 0 Å². The van der Waals surface area contributed by atoms with Crippen molar-refractivity contribution in [2.24, 2.45) is 0 Å². The Kier molecular flexibility index (Phi) is 5.54. The molecular weight excluding hydrogens is 436 g/mol. The van der Waals surface area contributed by atoms with Crippen LogP contribution in [-0.2, 0) is 0 Å². The minimum Gasteiger partial charge on any atom is -0.377 e. The van der Waals surface area contributed by atoms with Crippen LogP contribution in [0.4, 0.5) is 5.69 Å². The molecule has 1 unspecified atom stereocenters. The lowest BCUT2D eigenvalue weighted by atomic mass is 10.0. The van der Waals surface area contributed by atoms with E-state index in [1.807, 2.05) is 18.2 Å². The van der Waals surface area contributed by atoms with E-state index in [2.05, 4.69) is 75.0 Å². The third-order valence-corrected chi connectivity index (χ3v) is 4.60. The Morgan fingerprint density at radius 2 is 1.89 bits per heavy atom. The molecule has 0 amide bonds. The molecule has 0 radical (unpaired) electrons. The molecule has 0 spiro atoms. The fourth-order valence-electron chi connectivity index (χ4n) is 1.91. The molecule has 4 heteroatoms. The van der Waals surface area contributed by atoms with Crippen molar-refractivity contribution in [3.8, 4) is 0 Å². The minimum absolute atomic E-state index is 0.308. The molecule has 0 bridgehead atoms. The second kappa shape index (κ2) is 6.95. The maximum absolute atomic E-state index is 5.98. The van der Waals surface area contributed by atoms with Crippen molar-refractivity contribution in [1.82, 2.24) is 0 Å². The van der Waals surface area contributed by atoms with Crippen molar-refractivity contribution in [1.29, 1.82) is 0 Å². The predicted molar refractivity (Wildman–Crippen MR) is 95.0 cm³/mol. The van der Waals surface area contributed by atoms with Gasteiger partial charge in [0.1, 0.15) is 0 Å². The molecule has 1 N–H and O–H groups in total. The van der Waals surface area contributed by atoms with Gasteiger partial charge in [-0.15, -0.1) is 0 Å². The summed E-state index contributed by atoms with van der Waals surface area (Å²) in [4.78, 5) is 0. The number of rotatable bonds is 4. The molecule has 0 aliphatic rings. The van der Waals surface area contributed by atoms with E-state index >= 15 is 0 Å². The Morgan fingerprint density at radius 1 is 1.21 bits per heavy atom. The van der Waals surface area contributed by atoms with Crippen LogP contribution in [0.3, 0.4) is 0 Å². The number of nitrogens with one attached hydrogen (secondary N) is 1. The first-order valence-electron chi connectivity index (χ1n) is 6.07. The Labute approximate surface area is 141 Å². The number of benzene rings is 2. The number of hydrogen-bond donors (Lipinski definition) is 1. The lowest BCUT2D eigenvalue weighted by Crippen LogP contribution is -2.10. The summed E-state index contributed by atoms with van der Waals surface area (Å²) in [7, 11) is 0. The molecule has 0 saturated heterocycles. The van der Waals surface area contributed by atoms with Crippen molar-refractivity contribution < 1.29 is 0 Å². The first-order valence-corrected chi connectivity index (χ1v) is 8.32. The average molecular weight is 451 g/mol. The van der Waals surface area contributed by atoms with E-state index in [1.54, 1.807) is 0 Å². The SMILES string of the molecule is CCC(Nc1ccc(Cl)cc1I)c1ccc(Br)cc1. The summed E-state index contributed by atoms with van der Waals surface area (Å²) >= 11 is 11.8. The minimum atomic E-state index is 0.308. The number of anilines is 1. The average Bonchev–Trinajstić information content (AvgIpc) is 2.39. The Balaban J connectivity index is 2.21. The molecule has 0 aromatic heterocycles. The highest BCUT2D eigenvalue weighted by atomic mass is 127. The van der Waals surface area contributed by atoms with Gasteiger partial charge >= 0.3 is 0 Å². The van der Waals surface area contributed by atoms with Crippen molar-refractivity contribution in [2.75, 3.05) is 5.32 Å². The highest BCUT2D eigenvalue weighted by molar-refractivity contribution is 14.1. The lowest BCUT2D eigenvalue weighted by molar-refractivity contribution is 0.748. The van der Waals surface area contributed by atoms with Crippen LogP contribution >= 0.6 is 50.1 Å². The van der Waals surface area contributed by atoms with Crippen molar-refractivity contribution in [3.63, 3.8) is 0 Å². The molecule has 2 rings (SSSR count). The zero-order valence-corrected chi connectivity index (χ0v) is 15.0. The summed E-state index contributed by atoms with van der Waals surface area (Å²) in [6.45, 7) is 2.18. The summed E-state index contributed by atoms with van der Waals surface area (Å²) in [6, 6.07) is 14.7. The largest absolute Gasteiger partial charge is 0.377 e. The topological polar surface area (TPSA) is 12.0 Å². The summed E-state index contributed by atoms with van der Waals surface area (Å²) in [5.74, 6) is 0. The van der Waals surface area contributed by atoms with Gasteiger partial charge in [-0.2, -0.15) is 0 Å². The van der Waals surface area contributed by atoms with Gasteiger partial charge in [-0.05, 0) is 64.9 Å². The smallest absolute Gasteiger partial charge is 0.0511 e. The van der Waals surface area contributed by atoms with Crippen LogP contribution in [0.2, 0.25) is 5.02 Å². The number of halogens is 3. The normalized spacial score (nSPS) is 12.2. The number of hydrogen-bond acceptors (Lipinski definition) is 1. The van der Waals surface area contributed by atoms with E-state index < -0.39 is 0 Å². The second-order valence-electron chi connectivity index (χ2n) is 4.28. The molecule has 0 fully saturated rings. The van der Waals surface area contributed by atoms with E-state index in [-0.39, 0.29) is 0 Å². The van der Waals surface area contributed by atoms with Gasteiger partial charge in [-0.1, -0.05) is 46.6 Å². The van der Waals surface area contributed by atoms with Crippen molar-refractivity contribution in [2.45, 2.75) is 19.4 Å². The fourth-order valence-corrected chi connectivity index (χ4v) is 3.20. The van der Waals surface area contributed by atoms with E-state index in [0.717, 1.165) is 25.2 Å². The van der Waals surface area contributed by atoms with Crippen molar-refractivity contribution in [3.05, 3.63) is 61.1 Å². The lowest BCUT2D eigenvalue weighted by Gasteiger charge is -2.20. The highest BCUT2D eigenvalue weighted by Gasteiger charge is 2.10. The van der Waals surface area contributed by atoms with Gasteiger partial charge in [0, 0.05) is 18.8 Å². The standard InChI is InChI=1S/C15H14BrClIN/c1-2-14(10-3-5-11(16)6-4-10)19-15-8-7-12(17)9-13(15)18/h3-9,14,19H,2H2,1H3. The van der Waals surface area contributed by atoms with Gasteiger partial charge in [-0.3, -0.25) is 0 Å². The summed E-state index contributed by atoms with van der Waals surface area (Å²) in [5, 5.41) is 4.35. The zero-order chi connectivity index (χ0) is 13.8. The molecule has 2 aromatic rings. The first-order chi connectivity index (χ1) is 9.10. The van der Waals surface area contributed by atoms with Gasteiger partial charge in [0.05, 0.1) is 6.04 Å². The Bertz CT molecular complexity index is 557. The van der Waals surface area contributed by atoms with Crippen molar-refractivity contribution >= 4 is 55.8 Å². The first kappa shape index (κ1) is 15.1. The summed E-state index contributed by atoms with van der Waals surface area (Å²) in [6.07, 6.45) is 1.03. The van der Waals surface area contributed by atoms with E-state index in [4.69, 9.17) is 11.6 Å². The van der Waals surface area contributed by atoms with Crippen LogP contribution in [0.25, 0.3) is 0 Å². The van der Waals surface area contributed by atoms with Crippen LogP contribution in [0.15, 0.2) is 46.9 Å². The van der Waals surface area contributed by atoms with Gasteiger partial charge in [0.25, 0.3) is 0 Å². The summed E-state index contributed by atoms with van der Waals surface area (Å²) in [5.41, 5.74) is 2.41. The molecule has 100 valence electrons. The molecule has 0 aliphatic carbocycles. The van der Waals surface area contributed by atoms with Crippen LogP contribution in [0.5, 0.6) is 0 Å².